The van der Waals surface area contributed by atoms with Crippen molar-refractivity contribution < 1.29 is 0 Å². The fraction of sp³-hybridized carbons (Fsp3) is 0.0909. The van der Waals surface area contributed by atoms with Crippen molar-refractivity contribution in [3.63, 3.8) is 0 Å². The number of nitrogens with zero attached hydrogens (tertiary/aromatic N) is 1. The van der Waals surface area contributed by atoms with Crippen LogP contribution in [0.15, 0.2) is 72.8 Å². The molecule has 4 aromatic rings. The van der Waals surface area contributed by atoms with Crippen LogP contribution in [0.4, 0.5) is 0 Å². The minimum Gasteiger partial charge on any atom is -0.344 e. The number of aryl methyl sites for hydroxylation is 1. The van der Waals surface area contributed by atoms with E-state index < -0.39 is 0 Å². The van der Waals surface area contributed by atoms with Gasteiger partial charge in [-0.25, -0.2) is 0 Å². The van der Waals surface area contributed by atoms with Crippen LogP contribution >= 0.6 is 0 Å². The maximum absolute atomic E-state index is 2.31. The van der Waals surface area contributed by atoms with Crippen molar-refractivity contribution in [2.45, 2.75) is 6.42 Å². The van der Waals surface area contributed by atoms with Crippen molar-refractivity contribution in [2.24, 2.45) is 7.05 Å². The normalized spacial score (nSPS) is 12.4. The Labute approximate surface area is 135 Å². The molecule has 1 aliphatic carbocycles. The van der Waals surface area contributed by atoms with Gasteiger partial charge in [-0.1, -0.05) is 60.7 Å². The number of rotatable bonds is 1. The first kappa shape index (κ1) is 12.7. The summed E-state index contributed by atoms with van der Waals surface area (Å²) in [6.45, 7) is 0. The van der Waals surface area contributed by atoms with Crippen LogP contribution in [0.1, 0.15) is 11.1 Å². The van der Waals surface area contributed by atoms with Gasteiger partial charge >= 0.3 is 0 Å². The maximum Gasteiger partial charge on any atom is 0.0491 e. The van der Waals surface area contributed by atoms with Crippen LogP contribution in [0.3, 0.4) is 0 Å². The van der Waals surface area contributed by atoms with Crippen molar-refractivity contribution >= 4 is 10.9 Å². The average molecular weight is 295 g/mol. The van der Waals surface area contributed by atoms with E-state index in [9.17, 15) is 0 Å². The van der Waals surface area contributed by atoms with E-state index in [0.29, 0.717) is 0 Å². The minimum atomic E-state index is 1.03. The topological polar surface area (TPSA) is 4.93 Å². The summed E-state index contributed by atoms with van der Waals surface area (Å²) in [6, 6.07) is 26.4. The highest BCUT2D eigenvalue weighted by Crippen LogP contribution is 2.42. The van der Waals surface area contributed by atoms with Crippen LogP contribution in [0.25, 0.3) is 33.3 Å². The van der Waals surface area contributed by atoms with Gasteiger partial charge in [-0.05, 0) is 40.8 Å². The second kappa shape index (κ2) is 4.60. The molecule has 1 heteroatoms. The molecular weight excluding hydrogens is 278 g/mol. The fourth-order valence-corrected chi connectivity index (χ4v) is 3.94. The van der Waals surface area contributed by atoms with E-state index in [-0.39, 0.29) is 0 Å². The van der Waals surface area contributed by atoms with E-state index >= 15 is 0 Å². The van der Waals surface area contributed by atoms with Crippen molar-refractivity contribution in [1.82, 2.24) is 4.57 Å². The molecule has 23 heavy (non-hydrogen) atoms. The molecule has 5 rings (SSSR count). The first-order valence-electron chi connectivity index (χ1n) is 8.08. The lowest BCUT2D eigenvalue weighted by Crippen LogP contribution is -1.94. The Morgan fingerprint density at radius 3 is 2.39 bits per heavy atom. The van der Waals surface area contributed by atoms with Gasteiger partial charge in [0.2, 0.25) is 0 Å². The summed E-state index contributed by atoms with van der Waals surface area (Å²) in [6.07, 6.45) is 1.03. The molecule has 0 N–H and O–H groups in total. The molecule has 0 radical (unpaired) electrons. The third-order valence-electron chi connectivity index (χ3n) is 5.08. The Kier molecular flexibility index (Phi) is 2.54. The molecule has 110 valence electrons. The van der Waals surface area contributed by atoms with Crippen LogP contribution in [0.5, 0.6) is 0 Å². The molecule has 0 atom stereocenters. The second-order valence-electron chi connectivity index (χ2n) is 6.31. The van der Waals surface area contributed by atoms with E-state index in [1.54, 1.807) is 0 Å². The zero-order chi connectivity index (χ0) is 15.4. The highest BCUT2D eigenvalue weighted by atomic mass is 14.9. The third-order valence-corrected chi connectivity index (χ3v) is 5.08. The van der Waals surface area contributed by atoms with Crippen LogP contribution < -0.4 is 0 Å². The number of hydrogen-bond acceptors (Lipinski definition) is 0. The summed E-state index contributed by atoms with van der Waals surface area (Å²) in [5.41, 5.74) is 9.63. The summed E-state index contributed by atoms with van der Waals surface area (Å²) in [5.74, 6) is 0. The van der Waals surface area contributed by atoms with E-state index in [1.165, 1.54) is 44.4 Å². The summed E-state index contributed by atoms with van der Waals surface area (Å²) < 4.78 is 2.31. The molecule has 0 fully saturated rings. The first-order valence-corrected chi connectivity index (χ1v) is 8.08. The molecule has 0 unspecified atom stereocenters. The van der Waals surface area contributed by atoms with Gasteiger partial charge in [0.05, 0.1) is 0 Å². The molecule has 0 saturated carbocycles. The van der Waals surface area contributed by atoms with E-state index in [0.717, 1.165) is 6.42 Å². The number of fused-ring (bicyclic) bond motifs is 4. The predicted molar refractivity (Wildman–Crippen MR) is 96.6 cm³/mol. The molecule has 1 aliphatic rings. The minimum absolute atomic E-state index is 1.03. The predicted octanol–water partition coefficient (Wildman–Crippen LogP) is 5.42. The Balaban J connectivity index is 1.78. The SMILES string of the molecule is Cn1c(-c2cccc3c2Cc2ccccc2-3)cc2ccccc21. The van der Waals surface area contributed by atoms with Crippen molar-refractivity contribution in [3.05, 3.63) is 83.9 Å². The molecule has 1 heterocycles. The molecule has 0 amide bonds. The summed E-state index contributed by atoms with van der Waals surface area (Å²) >= 11 is 0. The summed E-state index contributed by atoms with van der Waals surface area (Å²) in [7, 11) is 2.17. The van der Waals surface area contributed by atoms with Gasteiger partial charge in [-0.15, -0.1) is 0 Å². The van der Waals surface area contributed by atoms with Gasteiger partial charge in [0.15, 0.2) is 0 Å². The molecule has 1 aromatic heterocycles. The molecule has 3 aromatic carbocycles. The second-order valence-corrected chi connectivity index (χ2v) is 6.31. The van der Waals surface area contributed by atoms with Crippen molar-refractivity contribution in [1.29, 1.82) is 0 Å². The zero-order valence-corrected chi connectivity index (χ0v) is 13.1. The van der Waals surface area contributed by atoms with Crippen LogP contribution in [-0.2, 0) is 13.5 Å². The van der Waals surface area contributed by atoms with Crippen LogP contribution in [0, 0.1) is 0 Å². The van der Waals surface area contributed by atoms with E-state index in [2.05, 4.69) is 84.4 Å². The number of benzene rings is 3. The number of aromatic nitrogens is 1. The van der Waals surface area contributed by atoms with Gasteiger partial charge in [-0.3, -0.25) is 0 Å². The summed E-state index contributed by atoms with van der Waals surface area (Å²) in [5, 5.41) is 1.30. The largest absolute Gasteiger partial charge is 0.344 e. The van der Waals surface area contributed by atoms with Gasteiger partial charge in [0.25, 0.3) is 0 Å². The monoisotopic (exact) mass is 295 g/mol. The van der Waals surface area contributed by atoms with Crippen molar-refractivity contribution in [3.8, 4) is 22.4 Å². The zero-order valence-electron chi connectivity index (χ0n) is 13.1. The van der Waals surface area contributed by atoms with Gasteiger partial charge in [-0.2, -0.15) is 0 Å². The molecule has 0 spiro atoms. The molecule has 0 saturated heterocycles. The van der Waals surface area contributed by atoms with Crippen molar-refractivity contribution in [2.75, 3.05) is 0 Å². The quantitative estimate of drug-likeness (QED) is 0.389. The first-order chi connectivity index (χ1) is 11.3. The summed E-state index contributed by atoms with van der Waals surface area (Å²) in [4.78, 5) is 0. The lowest BCUT2D eigenvalue weighted by Gasteiger charge is -2.10. The van der Waals surface area contributed by atoms with Crippen LogP contribution in [-0.4, -0.2) is 4.57 Å². The standard InChI is InChI=1S/C22H17N/c1-23-21-12-5-3-8-16(21)14-22(23)19-11-6-10-18-17-9-4-2-7-15(17)13-20(18)19/h2-12,14H,13H2,1H3. The molecule has 1 nitrogen and oxygen atoms in total. The Hall–Kier alpha value is -2.80. The fourth-order valence-electron chi connectivity index (χ4n) is 3.94. The Bertz CT molecular complexity index is 1050. The lowest BCUT2D eigenvalue weighted by atomic mass is 9.99. The Morgan fingerprint density at radius 2 is 1.48 bits per heavy atom. The molecule has 0 bridgehead atoms. The lowest BCUT2D eigenvalue weighted by molar-refractivity contribution is 0.975. The van der Waals surface area contributed by atoms with Gasteiger partial charge < -0.3 is 4.57 Å². The smallest absolute Gasteiger partial charge is 0.0491 e. The number of hydrogen-bond donors (Lipinski definition) is 0. The van der Waals surface area contributed by atoms with Gasteiger partial charge in [0.1, 0.15) is 0 Å². The van der Waals surface area contributed by atoms with E-state index in [1.807, 2.05) is 0 Å². The average Bonchev–Trinajstić information content (AvgIpc) is 3.13. The molecular formula is C22H17N. The number of para-hydroxylation sites is 1. The highest BCUT2D eigenvalue weighted by Gasteiger charge is 2.22. The van der Waals surface area contributed by atoms with Crippen LogP contribution in [0.2, 0.25) is 0 Å². The third kappa shape index (κ3) is 1.74. The Morgan fingerprint density at radius 1 is 0.739 bits per heavy atom. The maximum atomic E-state index is 2.31. The van der Waals surface area contributed by atoms with Gasteiger partial charge in [0, 0.05) is 29.2 Å². The van der Waals surface area contributed by atoms with E-state index in [4.69, 9.17) is 0 Å². The highest BCUT2D eigenvalue weighted by molar-refractivity contribution is 5.90. The molecule has 0 aliphatic heterocycles.